The quantitative estimate of drug-likeness (QED) is 0.519. The number of hydrazine groups is 1. The first-order valence-corrected chi connectivity index (χ1v) is 10.8. The maximum absolute atomic E-state index is 12.4. The lowest BCUT2D eigenvalue weighted by molar-refractivity contribution is -0.121. The number of rotatable bonds is 8. The molecule has 1 heterocycles. The lowest BCUT2D eigenvalue weighted by Crippen LogP contribution is -2.42. The molecule has 0 aliphatic carbocycles. The van der Waals surface area contributed by atoms with Gasteiger partial charge in [0.05, 0.1) is 25.8 Å². The summed E-state index contributed by atoms with van der Waals surface area (Å²) in [5, 5.41) is 2.70. The van der Waals surface area contributed by atoms with Crippen LogP contribution >= 0.6 is 11.3 Å². The fraction of sp³-hybridized carbons (Fsp3) is 0.261. The van der Waals surface area contributed by atoms with Crippen molar-refractivity contribution in [3.8, 4) is 22.1 Å². The van der Waals surface area contributed by atoms with Gasteiger partial charge in [-0.2, -0.15) is 0 Å². The number of amides is 2. The van der Waals surface area contributed by atoms with Crippen molar-refractivity contribution in [2.75, 3.05) is 13.7 Å². The number of aryl methyl sites for hydroxylation is 1. The summed E-state index contributed by atoms with van der Waals surface area (Å²) in [6.45, 7) is 4.58. The monoisotopic (exact) mass is 439 g/mol. The van der Waals surface area contributed by atoms with Crippen molar-refractivity contribution < 1.29 is 19.1 Å². The Morgan fingerprint density at radius 2 is 1.94 bits per heavy atom. The number of aromatic nitrogens is 1. The van der Waals surface area contributed by atoms with E-state index >= 15 is 0 Å². The molecular weight excluding hydrogens is 414 g/mol. The predicted octanol–water partition coefficient (Wildman–Crippen LogP) is 3.92. The second kappa shape index (κ2) is 10.6. The Hall–Kier alpha value is -3.39. The summed E-state index contributed by atoms with van der Waals surface area (Å²) in [6.07, 6.45) is 0.929. The van der Waals surface area contributed by atoms with Crippen LogP contribution in [0.25, 0.3) is 10.6 Å². The van der Waals surface area contributed by atoms with Crippen LogP contribution < -0.4 is 20.3 Å². The third-order valence-electron chi connectivity index (χ3n) is 4.36. The molecule has 2 amide bonds. The highest BCUT2D eigenvalue weighted by molar-refractivity contribution is 7.13. The summed E-state index contributed by atoms with van der Waals surface area (Å²) in [5.41, 5.74) is 8.01. The van der Waals surface area contributed by atoms with Crippen LogP contribution in [0.4, 0.5) is 0 Å². The summed E-state index contributed by atoms with van der Waals surface area (Å²) < 4.78 is 10.9. The van der Waals surface area contributed by atoms with Gasteiger partial charge in [-0.05, 0) is 37.6 Å². The minimum Gasteiger partial charge on any atom is -0.493 e. The third-order valence-corrected chi connectivity index (χ3v) is 5.30. The van der Waals surface area contributed by atoms with Crippen molar-refractivity contribution >= 4 is 23.2 Å². The Morgan fingerprint density at radius 1 is 1.10 bits per heavy atom. The average Bonchev–Trinajstić information content (AvgIpc) is 3.24. The van der Waals surface area contributed by atoms with Gasteiger partial charge in [0.25, 0.3) is 5.91 Å². The lowest BCUT2D eigenvalue weighted by Gasteiger charge is -2.12. The summed E-state index contributed by atoms with van der Waals surface area (Å²) in [5.74, 6) is 0.216. The molecule has 0 radical (unpaired) electrons. The number of hydrogen-bond donors (Lipinski definition) is 2. The van der Waals surface area contributed by atoms with Gasteiger partial charge in [0, 0.05) is 16.5 Å². The Balaban J connectivity index is 1.55. The molecule has 0 fully saturated rings. The van der Waals surface area contributed by atoms with Gasteiger partial charge < -0.3 is 9.47 Å². The van der Waals surface area contributed by atoms with Crippen LogP contribution in [-0.2, 0) is 11.2 Å². The maximum atomic E-state index is 12.4. The highest BCUT2D eigenvalue weighted by atomic mass is 32.1. The zero-order valence-electron chi connectivity index (χ0n) is 17.7. The molecule has 162 valence electrons. The number of nitrogens with one attached hydrogen (secondary N) is 2. The molecule has 0 bridgehead atoms. The third kappa shape index (κ3) is 6.05. The standard InChI is InChI=1S/C23H25N3O4S/c1-4-10-30-19-9-8-16(12-20(19)29-3)22(28)26-25-21(27)13-18-14-31-23(24-18)17-7-5-6-15(2)11-17/h5-9,11-12,14H,4,10,13H2,1-3H3,(H,25,27)(H,26,28). The fourth-order valence-corrected chi connectivity index (χ4v) is 3.66. The predicted molar refractivity (Wildman–Crippen MR) is 120 cm³/mol. The van der Waals surface area contributed by atoms with E-state index in [0.717, 1.165) is 22.6 Å². The van der Waals surface area contributed by atoms with Crippen LogP contribution in [0.1, 0.15) is 35.0 Å². The molecule has 0 spiro atoms. The summed E-state index contributed by atoms with van der Waals surface area (Å²) >= 11 is 1.48. The fourth-order valence-electron chi connectivity index (χ4n) is 2.85. The van der Waals surface area contributed by atoms with Crippen molar-refractivity contribution in [3.63, 3.8) is 0 Å². The van der Waals surface area contributed by atoms with Gasteiger partial charge in [0.15, 0.2) is 11.5 Å². The molecule has 3 rings (SSSR count). The number of nitrogens with zero attached hydrogens (tertiary/aromatic N) is 1. The van der Waals surface area contributed by atoms with E-state index in [1.807, 2.05) is 37.4 Å². The highest BCUT2D eigenvalue weighted by Crippen LogP contribution is 2.28. The molecule has 2 aromatic carbocycles. The van der Waals surface area contributed by atoms with E-state index in [9.17, 15) is 9.59 Å². The topological polar surface area (TPSA) is 89.6 Å². The normalized spacial score (nSPS) is 10.4. The lowest BCUT2D eigenvalue weighted by atomic mass is 10.1. The molecule has 0 saturated heterocycles. The number of thiazole rings is 1. The maximum Gasteiger partial charge on any atom is 0.269 e. The van der Waals surface area contributed by atoms with Crippen LogP contribution in [0.15, 0.2) is 47.8 Å². The van der Waals surface area contributed by atoms with Crippen LogP contribution in [0.5, 0.6) is 11.5 Å². The van der Waals surface area contributed by atoms with Gasteiger partial charge in [-0.15, -0.1) is 11.3 Å². The zero-order chi connectivity index (χ0) is 22.2. The van der Waals surface area contributed by atoms with Gasteiger partial charge in [-0.3, -0.25) is 20.4 Å². The molecule has 8 heteroatoms. The van der Waals surface area contributed by atoms with Crippen molar-refractivity contribution in [3.05, 3.63) is 64.7 Å². The molecular formula is C23H25N3O4S. The SMILES string of the molecule is CCCOc1ccc(C(=O)NNC(=O)Cc2csc(-c3cccc(C)c3)n2)cc1OC. The molecule has 0 saturated carbocycles. The minimum atomic E-state index is -0.451. The van der Waals surface area contributed by atoms with E-state index in [1.165, 1.54) is 18.4 Å². The van der Waals surface area contributed by atoms with Gasteiger partial charge in [0.2, 0.25) is 5.91 Å². The summed E-state index contributed by atoms with van der Waals surface area (Å²) in [6, 6.07) is 12.9. The van der Waals surface area contributed by atoms with Crippen molar-refractivity contribution in [1.29, 1.82) is 0 Å². The van der Waals surface area contributed by atoms with Crippen LogP contribution in [0.3, 0.4) is 0 Å². The van der Waals surface area contributed by atoms with Crippen LogP contribution in [0.2, 0.25) is 0 Å². The number of methoxy groups -OCH3 is 1. The molecule has 0 unspecified atom stereocenters. The minimum absolute atomic E-state index is 0.0652. The van der Waals surface area contributed by atoms with E-state index in [-0.39, 0.29) is 12.3 Å². The molecule has 7 nitrogen and oxygen atoms in total. The van der Waals surface area contributed by atoms with Crippen molar-refractivity contribution in [1.82, 2.24) is 15.8 Å². The first-order chi connectivity index (χ1) is 15.0. The molecule has 3 aromatic rings. The Morgan fingerprint density at radius 3 is 2.68 bits per heavy atom. The van der Waals surface area contributed by atoms with Gasteiger partial charge in [0.1, 0.15) is 5.01 Å². The van der Waals surface area contributed by atoms with E-state index in [4.69, 9.17) is 9.47 Å². The Labute approximate surface area is 185 Å². The van der Waals surface area contributed by atoms with E-state index in [2.05, 4.69) is 21.9 Å². The molecule has 1 aromatic heterocycles. The first kappa shape index (κ1) is 22.3. The zero-order valence-corrected chi connectivity index (χ0v) is 18.5. The van der Waals surface area contributed by atoms with Gasteiger partial charge in [-0.1, -0.05) is 30.7 Å². The van der Waals surface area contributed by atoms with Gasteiger partial charge >= 0.3 is 0 Å². The smallest absolute Gasteiger partial charge is 0.269 e. The molecule has 0 aliphatic rings. The Bertz CT molecular complexity index is 1060. The first-order valence-electron chi connectivity index (χ1n) is 9.91. The second-order valence-corrected chi connectivity index (χ2v) is 7.76. The van der Waals surface area contributed by atoms with E-state index in [0.29, 0.717) is 29.4 Å². The van der Waals surface area contributed by atoms with Gasteiger partial charge in [-0.25, -0.2) is 4.98 Å². The second-order valence-electron chi connectivity index (χ2n) is 6.91. The van der Waals surface area contributed by atoms with E-state index < -0.39 is 5.91 Å². The molecule has 2 N–H and O–H groups in total. The molecule has 0 atom stereocenters. The van der Waals surface area contributed by atoms with E-state index in [1.54, 1.807) is 18.2 Å². The summed E-state index contributed by atoms with van der Waals surface area (Å²) in [7, 11) is 1.51. The summed E-state index contributed by atoms with van der Waals surface area (Å²) in [4.78, 5) is 29.1. The van der Waals surface area contributed by atoms with Crippen LogP contribution in [0, 0.1) is 6.92 Å². The average molecular weight is 440 g/mol. The van der Waals surface area contributed by atoms with Crippen molar-refractivity contribution in [2.24, 2.45) is 0 Å². The largest absolute Gasteiger partial charge is 0.493 e. The van der Waals surface area contributed by atoms with Crippen molar-refractivity contribution in [2.45, 2.75) is 26.7 Å². The number of carbonyl (C=O) groups is 2. The Kier molecular flexibility index (Phi) is 7.61. The highest BCUT2D eigenvalue weighted by Gasteiger charge is 2.13. The molecule has 31 heavy (non-hydrogen) atoms. The number of benzene rings is 2. The molecule has 0 aliphatic heterocycles. The number of hydrogen-bond acceptors (Lipinski definition) is 6. The van der Waals surface area contributed by atoms with Crippen LogP contribution in [-0.4, -0.2) is 30.5 Å². The number of ether oxygens (including phenoxy) is 2. The number of carbonyl (C=O) groups excluding carboxylic acids is 2.